The summed E-state index contributed by atoms with van der Waals surface area (Å²) in [6.45, 7) is 2.07. The number of carbonyl (C=O) groups excluding carboxylic acids is 2. The van der Waals surface area contributed by atoms with Crippen molar-refractivity contribution in [3.8, 4) is 5.75 Å². The number of thiazole rings is 1. The molecule has 180 valence electrons. The number of ether oxygens (including phenoxy) is 2. The molecule has 4 rings (SSSR count). The molecule has 2 aromatic carbocycles. The van der Waals surface area contributed by atoms with Crippen LogP contribution in [0.2, 0.25) is 5.02 Å². The van der Waals surface area contributed by atoms with Gasteiger partial charge in [-0.25, -0.2) is 13.4 Å². The summed E-state index contributed by atoms with van der Waals surface area (Å²) in [5, 5.41) is 3.37. The standard InChI is InChI=1S/C22H22ClN3O6S2/c1-2-31-15-7-10-17-19(12-15)33-22(24-17)25-20(27)13-32-21(28)18-4-3-11-26(18)34(29,30)16-8-5-14(23)6-9-16/h5-10,12,18H,2-4,11,13H2,1H3,(H,24,25,27)/t18-/m0/s1. The van der Waals surface area contributed by atoms with Gasteiger partial charge in [0, 0.05) is 11.6 Å². The van der Waals surface area contributed by atoms with E-state index in [0.717, 1.165) is 9.01 Å². The molecular weight excluding hydrogens is 502 g/mol. The second-order valence-electron chi connectivity index (χ2n) is 7.47. The maximum atomic E-state index is 13.0. The van der Waals surface area contributed by atoms with Gasteiger partial charge in [0.1, 0.15) is 11.8 Å². The molecular formula is C22H22ClN3O6S2. The number of benzene rings is 2. The summed E-state index contributed by atoms with van der Waals surface area (Å²) in [4.78, 5) is 29.3. The van der Waals surface area contributed by atoms with Crippen molar-refractivity contribution in [3.63, 3.8) is 0 Å². The van der Waals surface area contributed by atoms with Crippen LogP contribution in [0.3, 0.4) is 0 Å². The van der Waals surface area contributed by atoms with Gasteiger partial charge in [-0.2, -0.15) is 4.31 Å². The third-order valence-corrected chi connectivity index (χ3v) is 8.27. The van der Waals surface area contributed by atoms with Crippen LogP contribution >= 0.6 is 22.9 Å². The molecule has 1 fully saturated rings. The number of halogens is 1. The van der Waals surface area contributed by atoms with Crippen molar-refractivity contribution in [3.05, 3.63) is 47.5 Å². The molecule has 1 amide bonds. The van der Waals surface area contributed by atoms with Crippen LogP contribution < -0.4 is 10.1 Å². The molecule has 1 atom stereocenters. The first kappa shape index (κ1) is 24.4. The zero-order valence-corrected chi connectivity index (χ0v) is 20.6. The first-order chi connectivity index (χ1) is 16.3. The number of sulfonamides is 1. The summed E-state index contributed by atoms with van der Waals surface area (Å²) in [6.07, 6.45) is 0.821. The molecule has 0 radical (unpaired) electrons. The van der Waals surface area contributed by atoms with Crippen molar-refractivity contribution >= 4 is 60.2 Å². The van der Waals surface area contributed by atoms with Crippen molar-refractivity contribution in [1.29, 1.82) is 0 Å². The van der Waals surface area contributed by atoms with Gasteiger partial charge in [0.05, 0.1) is 21.7 Å². The van der Waals surface area contributed by atoms with E-state index >= 15 is 0 Å². The molecule has 1 aliphatic heterocycles. The lowest BCUT2D eigenvalue weighted by molar-refractivity contribution is -0.150. The molecule has 1 aromatic heterocycles. The minimum atomic E-state index is -3.90. The highest BCUT2D eigenvalue weighted by Crippen LogP contribution is 2.30. The Hall–Kier alpha value is -2.73. The van der Waals surface area contributed by atoms with Gasteiger partial charge in [-0.1, -0.05) is 22.9 Å². The first-order valence-corrected chi connectivity index (χ1v) is 13.2. The topological polar surface area (TPSA) is 115 Å². The molecule has 0 saturated carbocycles. The summed E-state index contributed by atoms with van der Waals surface area (Å²) >= 11 is 7.11. The molecule has 9 nitrogen and oxygen atoms in total. The van der Waals surface area contributed by atoms with Gasteiger partial charge in [0.25, 0.3) is 5.91 Å². The van der Waals surface area contributed by atoms with E-state index in [1.807, 2.05) is 13.0 Å². The van der Waals surface area contributed by atoms with Crippen LogP contribution in [-0.4, -0.2) is 55.4 Å². The second-order valence-corrected chi connectivity index (χ2v) is 10.8. The van der Waals surface area contributed by atoms with Crippen molar-refractivity contribution in [1.82, 2.24) is 9.29 Å². The molecule has 2 heterocycles. The number of anilines is 1. The van der Waals surface area contributed by atoms with Crippen molar-refractivity contribution in [2.45, 2.75) is 30.7 Å². The molecule has 0 spiro atoms. The van der Waals surface area contributed by atoms with Crippen LogP contribution in [0.4, 0.5) is 5.13 Å². The number of hydrogen-bond donors (Lipinski definition) is 1. The van der Waals surface area contributed by atoms with E-state index < -0.39 is 34.5 Å². The number of nitrogens with zero attached hydrogens (tertiary/aromatic N) is 2. The molecule has 0 aliphatic carbocycles. The van der Waals surface area contributed by atoms with Gasteiger partial charge in [-0.15, -0.1) is 0 Å². The van der Waals surface area contributed by atoms with Gasteiger partial charge < -0.3 is 9.47 Å². The van der Waals surface area contributed by atoms with Crippen LogP contribution in [0.15, 0.2) is 47.4 Å². The van der Waals surface area contributed by atoms with E-state index in [0.29, 0.717) is 40.9 Å². The van der Waals surface area contributed by atoms with E-state index in [1.165, 1.54) is 35.6 Å². The van der Waals surface area contributed by atoms with Crippen LogP contribution in [0.5, 0.6) is 5.75 Å². The predicted molar refractivity (Wildman–Crippen MR) is 129 cm³/mol. The Morgan fingerprint density at radius 3 is 2.74 bits per heavy atom. The summed E-state index contributed by atoms with van der Waals surface area (Å²) in [5.74, 6) is -0.626. The fourth-order valence-corrected chi connectivity index (χ4v) is 6.29. The third kappa shape index (κ3) is 5.33. The molecule has 34 heavy (non-hydrogen) atoms. The summed E-state index contributed by atoms with van der Waals surface area (Å²) in [7, 11) is -3.90. The van der Waals surface area contributed by atoms with Crippen molar-refractivity contribution in [2.75, 3.05) is 25.1 Å². The van der Waals surface area contributed by atoms with Crippen LogP contribution in [0.25, 0.3) is 10.2 Å². The van der Waals surface area contributed by atoms with Gasteiger partial charge in [0.2, 0.25) is 10.0 Å². The number of aromatic nitrogens is 1. The quantitative estimate of drug-likeness (QED) is 0.448. The zero-order valence-electron chi connectivity index (χ0n) is 18.2. The summed E-state index contributed by atoms with van der Waals surface area (Å²) in [6, 6.07) is 10.2. The van der Waals surface area contributed by atoms with E-state index in [1.54, 1.807) is 12.1 Å². The number of nitrogens with one attached hydrogen (secondary N) is 1. The molecule has 12 heteroatoms. The minimum Gasteiger partial charge on any atom is -0.494 e. The number of hydrogen-bond acceptors (Lipinski definition) is 8. The Morgan fingerprint density at radius 1 is 1.24 bits per heavy atom. The smallest absolute Gasteiger partial charge is 0.324 e. The highest BCUT2D eigenvalue weighted by Gasteiger charge is 2.40. The van der Waals surface area contributed by atoms with E-state index in [4.69, 9.17) is 21.1 Å². The number of carbonyl (C=O) groups is 2. The number of amides is 1. The molecule has 0 bridgehead atoms. The van der Waals surface area contributed by atoms with Gasteiger partial charge >= 0.3 is 5.97 Å². The molecule has 1 aliphatic rings. The number of rotatable bonds is 8. The fourth-order valence-electron chi connectivity index (χ4n) is 3.61. The predicted octanol–water partition coefficient (Wildman–Crippen LogP) is 3.68. The Balaban J connectivity index is 1.36. The highest BCUT2D eigenvalue weighted by molar-refractivity contribution is 7.89. The van der Waals surface area contributed by atoms with Crippen LogP contribution in [0, 0.1) is 0 Å². The highest BCUT2D eigenvalue weighted by atomic mass is 35.5. The monoisotopic (exact) mass is 523 g/mol. The summed E-state index contributed by atoms with van der Waals surface area (Å²) < 4.78 is 38.5. The average Bonchev–Trinajstić information content (AvgIpc) is 3.45. The lowest BCUT2D eigenvalue weighted by Gasteiger charge is -2.22. The minimum absolute atomic E-state index is 0.0395. The number of esters is 1. The average molecular weight is 524 g/mol. The number of fused-ring (bicyclic) bond motifs is 1. The van der Waals surface area contributed by atoms with Crippen molar-refractivity contribution < 1.29 is 27.5 Å². The van der Waals surface area contributed by atoms with E-state index in [2.05, 4.69) is 10.3 Å². The maximum Gasteiger partial charge on any atom is 0.324 e. The Labute approximate surface area is 205 Å². The zero-order chi connectivity index (χ0) is 24.3. The Morgan fingerprint density at radius 2 is 2.00 bits per heavy atom. The SMILES string of the molecule is CCOc1ccc2nc(NC(=O)COC(=O)[C@@H]3CCCN3S(=O)(=O)c3ccc(Cl)cc3)sc2c1. The molecule has 3 aromatic rings. The Bertz CT molecular complexity index is 1310. The normalized spacial score (nSPS) is 16.5. The molecule has 1 saturated heterocycles. The van der Waals surface area contributed by atoms with E-state index in [-0.39, 0.29) is 11.4 Å². The lowest BCUT2D eigenvalue weighted by Crippen LogP contribution is -2.42. The lowest BCUT2D eigenvalue weighted by atomic mass is 10.2. The summed E-state index contributed by atoms with van der Waals surface area (Å²) in [5.41, 5.74) is 0.703. The third-order valence-electron chi connectivity index (χ3n) is 5.16. The largest absolute Gasteiger partial charge is 0.494 e. The first-order valence-electron chi connectivity index (χ1n) is 10.5. The van der Waals surface area contributed by atoms with Crippen LogP contribution in [0.1, 0.15) is 19.8 Å². The van der Waals surface area contributed by atoms with Gasteiger partial charge in [-0.05, 0) is 62.2 Å². The Kier molecular flexibility index (Phi) is 7.36. The fraction of sp³-hybridized carbons (Fsp3) is 0.318. The molecule has 1 N–H and O–H groups in total. The maximum absolute atomic E-state index is 13.0. The van der Waals surface area contributed by atoms with Gasteiger partial charge in [0.15, 0.2) is 11.7 Å². The second kappa shape index (κ2) is 10.3. The molecule has 0 unspecified atom stereocenters. The van der Waals surface area contributed by atoms with Gasteiger partial charge in [-0.3, -0.25) is 14.9 Å². The van der Waals surface area contributed by atoms with E-state index in [9.17, 15) is 18.0 Å². The van der Waals surface area contributed by atoms with Crippen molar-refractivity contribution in [2.24, 2.45) is 0 Å². The van der Waals surface area contributed by atoms with Crippen LogP contribution in [-0.2, 0) is 24.3 Å².